The minimum atomic E-state index is -3.77. The number of nitrogens with two attached hydrogens (primary N) is 1. The Morgan fingerprint density at radius 3 is 2.33 bits per heavy atom. The number of nitrogen functional groups attached to an aromatic ring is 1. The van der Waals surface area contributed by atoms with Crippen LogP contribution in [0.1, 0.15) is 33.3 Å². The van der Waals surface area contributed by atoms with Gasteiger partial charge >= 0.3 is 0 Å². The lowest BCUT2D eigenvalue weighted by atomic mass is 10.1. The molecular weight excluding hydrogens is 290 g/mol. The van der Waals surface area contributed by atoms with Crippen molar-refractivity contribution in [2.24, 2.45) is 0 Å². The van der Waals surface area contributed by atoms with Gasteiger partial charge in [-0.25, -0.2) is 8.42 Å². The van der Waals surface area contributed by atoms with Crippen molar-refractivity contribution in [3.05, 3.63) is 23.8 Å². The zero-order valence-corrected chi connectivity index (χ0v) is 13.8. The molecular formula is C14H23N3O3S. The summed E-state index contributed by atoms with van der Waals surface area (Å²) in [4.78, 5) is 12.0. The molecule has 21 heavy (non-hydrogen) atoms. The van der Waals surface area contributed by atoms with Crippen molar-refractivity contribution in [1.29, 1.82) is 0 Å². The molecule has 0 aliphatic heterocycles. The van der Waals surface area contributed by atoms with E-state index in [4.69, 9.17) is 5.73 Å². The van der Waals surface area contributed by atoms with Gasteiger partial charge in [-0.15, -0.1) is 0 Å². The Hall–Kier alpha value is -1.60. The first-order valence-electron chi connectivity index (χ1n) is 6.63. The molecule has 1 unspecified atom stereocenters. The summed E-state index contributed by atoms with van der Waals surface area (Å²) in [5.74, 6) is -0.377. The van der Waals surface area contributed by atoms with Gasteiger partial charge in [-0.1, -0.05) is 0 Å². The quantitative estimate of drug-likeness (QED) is 0.726. The maximum absolute atomic E-state index is 12.2. The van der Waals surface area contributed by atoms with E-state index in [0.717, 1.165) is 0 Å². The third kappa shape index (κ3) is 5.02. The summed E-state index contributed by atoms with van der Waals surface area (Å²) in [6, 6.07) is 3.56. The third-order valence-electron chi connectivity index (χ3n) is 2.77. The Labute approximate surface area is 126 Å². The number of benzene rings is 1. The van der Waals surface area contributed by atoms with Crippen LogP contribution in [-0.2, 0) is 14.8 Å². The number of amides is 1. The number of sulfonamides is 1. The zero-order chi connectivity index (χ0) is 16.4. The van der Waals surface area contributed by atoms with Crippen LogP contribution in [-0.4, -0.2) is 25.9 Å². The maximum atomic E-state index is 12.2. The number of nitrogens with one attached hydrogen (secondary N) is 2. The Morgan fingerprint density at radius 2 is 1.86 bits per heavy atom. The van der Waals surface area contributed by atoms with Gasteiger partial charge < -0.3 is 11.1 Å². The van der Waals surface area contributed by atoms with Crippen LogP contribution in [0.3, 0.4) is 0 Å². The highest BCUT2D eigenvalue weighted by atomic mass is 32.2. The van der Waals surface area contributed by atoms with E-state index in [1.165, 1.54) is 25.1 Å². The van der Waals surface area contributed by atoms with Gasteiger partial charge in [0.1, 0.15) is 0 Å². The molecule has 1 rings (SSSR count). The van der Waals surface area contributed by atoms with Crippen molar-refractivity contribution >= 4 is 21.6 Å². The van der Waals surface area contributed by atoms with Crippen molar-refractivity contribution in [3.8, 4) is 0 Å². The molecule has 0 bridgehead atoms. The molecule has 0 heterocycles. The van der Waals surface area contributed by atoms with Crippen molar-refractivity contribution in [3.63, 3.8) is 0 Å². The average molecular weight is 313 g/mol. The van der Waals surface area contributed by atoms with E-state index in [2.05, 4.69) is 10.0 Å². The van der Waals surface area contributed by atoms with Gasteiger partial charge in [-0.3, -0.25) is 4.79 Å². The molecule has 0 spiro atoms. The van der Waals surface area contributed by atoms with Gasteiger partial charge in [0, 0.05) is 11.2 Å². The number of anilines is 1. The Balaban J connectivity index is 2.89. The van der Waals surface area contributed by atoms with Crippen LogP contribution in [0, 0.1) is 6.92 Å². The molecule has 1 atom stereocenters. The maximum Gasteiger partial charge on any atom is 0.241 e. The van der Waals surface area contributed by atoms with Crippen LogP contribution in [0.15, 0.2) is 23.1 Å². The number of hydrogen-bond acceptors (Lipinski definition) is 4. The molecule has 0 aliphatic rings. The monoisotopic (exact) mass is 313 g/mol. The molecule has 1 aromatic carbocycles. The molecule has 0 saturated carbocycles. The molecule has 6 nitrogen and oxygen atoms in total. The molecule has 1 amide bonds. The predicted octanol–water partition coefficient (Wildman–Crippen LogP) is 1.16. The predicted molar refractivity (Wildman–Crippen MR) is 83.3 cm³/mol. The van der Waals surface area contributed by atoms with E-state index in [-0.39, 0.29) is 10.8 Å². The summed E-state index contributed by atoms with van der Waals surface area (Å²) in [5, 5.41) is 2.73. The highest BCUT2D eigenvalue weighted by molar-refractivity contribution is 7.89. The average Bonchev–Trinajstić information content (AvgIpc) is 2.29. The molecule has 118 valence electrons. The lowest BCUT2D eigenvalue weighted by Gasteiger charge is -2.23. The van der Waals surface area contributed by atoms with Gasteiger partial charge in [0.2, 0.25) is 15.9 Å². The van der Waals surface area contributed by atoms with E-state index in [0.29, 0.717) is 11.3 Å². The smallest absolute Gasteiger partial charge is 0.241 e. The van der Waals surface area contributed by atoms with Crippen molar-refractivity contribution in [1.82, 2.24) is 10.0 Å². The number of aryl methyl sites for hydroxylation is 1. The standard InChI is InChI=1S/C14H23N3O3S/c1-9-8-11(6-7-12(9)15)21(19,20)17-10(2)13(18)16-14(3,4)5/h6-8,10,17H,15H2,1-5H3,(H,16,18). The van der Waals surface area contributed by atoms with E-state index < -0.39 is 21.6 Å². The van der Waals surface area contributed by atoms with E-state index >= 15 is 0 Å². The van der Waals surface area contributed by atoms with Crippen molar-refractivity contribution < 1.29 is 13.2 Å². The summed E-state index contributed by atoms with van der Waals surface area (Å²) in [7, 11) is -3.77. The number of carbonyl (C=O) groups excluding carboxylic acids is 1. The minimum absolute atomic E-state index is 0.0876. The number of carbonyl (C=O) groups is 1. The second-order valence-electron chi connectivity index (χ2n) is 6.10. The molecule has 0 aliphatic carbocycles. The second-order valence-corrected chi connectivity index (χ2v) is 7.81. The van der Waals surface area contributed by atoms with Gasteiger partial charge in [0.15, 0.2) is 0 Å². The summed E-state index contributed by atoms with van der Waals surface area (Å²) < 4.78 is 26.8. The molecule has 0 saturated heterocycles. The van der Waals surface area contributed by atoms with Gasteiger partial charge in [-0.2, -0.15) is 4.72 Å². The summed E-state index contributed by atoms with van der Waals surface area (Å²) in [5.41, 5.74) is 6.44. The largest absolute Gasteiger partial charge is 0.399 e. The summed E-state index contributed by atoms with van der Waals surface area (Å²) >= 11 is 0. The molecule has 1 aromatic rings. The Kier molecular flexibility index (Phi) is 5.01. The Morgan fingerprint density at radius 1 is 1.29 bits per heavy atom. The van der Waals surface area contributed by atoms with Crippen molar-refractivity contribution in [2.45, 2.75) is 51.1 Å². The fourth-order valence-electron chi connectivity index (χ4n) is 1.65. The van der Waals surface area contributed by atoms with Crippen LogP contribution < -0.4 is 15.8 Å². The van der Waals surface area contributed by atoms with Crippen LogP contribution in [0.25, 0.3) is 0 Å². The summed E-state index contributed by atoms with van der Waals surface area (Å²) in [6.45, 7) is 8.72. The lowest BCUT2D eigenvalue weighted by Crippen LogP contribution is -2.50. The topological polar surface area (TPSA) is 101 Å². The third-order valence-corrected chi connectivity index (χ3v) is 4.31. The van der Waals surface area contributed by atoms with Crippen LogP contribution in [0.5, 0.6) is 0 Å². The van der Waals surface area contributed by atoms with Crippen molar-refractivity contribution in [2.75, 3.05) is 5.73 Å². The fraction of sp³-hybridized carbons (Fsp3) is 0.500. The molecule has 7 heteroatoms. The lowest BCUT2D eigenvalue weighted by molar-refractivity contribution is -0.123. The molecule has 0 fully saturated rings. The SMILES string of the molecule is Cc1cc(S(=O)(=O)NC(C)C(=O)NC(C)(C)C)ccc1N. The van der Waals surface area contributed by atoms with Crippen LogP contribution in [0.2, 0.25) is 0 Å². The fourth-order valence-corrected chi connectivity index (χ4v) is 2.94. The number of hydrogen-bond donors (Lipinski definition) is 3. The molecule has 4 N–H and O–H groups in total. The van der Waals surface area contributed by atoms with Gasteiger partial charge in [0.05, 0.1) is 10.9 Å². The van der Waals surface area contributed by atoms with Gasteiger partial charge in [-0.05, 0) is 58.4 Å². The van der Waals surface area contributed by atoms with Crippen LogP contribution in [0.4, 0.5) is 5.69 Å². The number of rotatable bonds is 4. The Bertz CT molecular complexity index is 633. The highest BCUT2D eigenvalue weighted by Crippen LogP contribution is 2.17. The highest BCUT2D eigenvalue weighted by Gasteiger charge is 2.24. The molecule has 0 radical (unpaired) electrons. The van der Waals surface area contributed by atoms with E-state index in [1.807, 2.05) is 20.8 Å². The normalized spacial score (nSPS) is 13.8. The summed E-state index contributed by atoms with van der Waals surface area (Å²) in [6.07, 6.45) is 0. The first kappa shape index (κ1) is 17.5. The van der Waals surface area contributed by atoms with Gasteiger partial charge in [0.25, 0.3) is 0 Å². The van der Waals surface area contributed by atoms with E-state index in [9.17, 15) is 13.2 Å². The zero-order valence-electron chi connectivity index (χ0n) is 13.0. The molecule has 0 aromatic heterocycles. The first-order valence-corrected chi connectivity index (χ1v) is 8.11. The second kappa shape index (κ2) is 6.03. The minimum Gasteiger partial charge on any atom is -0.399 e. The first-order chi connectivity index (χ1) is 9.42. The van der Waals surface area contributed by atoms with E-state index in [1.54, 1.807) is 6.92 Å². The van der Waals surface area contributed by atoms with Crippen LogP contribution >= 0.6 is 0 Å².